The zero-order valence-corrected chi connectivity index (χ0v) is 8.48. The first-order valence-corrected chi connectivity index (χ1v) is 4.69. The van der Waals surface area contributed by atoms with E-state index in [1.54, 1.807) is 0 Å². The van der Waals surface area contributed by atoms with E-state index in [1.165, 1.54) is 11.0 Å². The molecule has 0 saturated heterocycles. The van der Waals surface area contributed by atoms with Gasteiger partial charge in [0.15, 0.2) is 15.8 Å². The van der Waals surface area contributed by atoms with Crippen molar-refractivity contribution in [1.82, 2.24) is 25.0 Å². The van der Waals surface area contributed by atoms with E-state index in [9.17, 15) is 0 Å². The van der Waals surface area contributed by atoms with Crippen LogP contribution < -0.4 is 0 Å². The molecule has 2 aromatic rings. The number of nitrogens with one attached hydrogen (secondary N) is 1. The largest absolute Gasteiger partial charge is 0.394 e. The third-order valence-corrected chi connectivity index (χ3v) is 2.35. The van der Waals surface area contributed by atoms with Gasteiger partial charge in [-0.2, -0.15) is 0 Å². The maximum atomic E-state index is 9.02. The molecule has 0 aliphatic carbocycles. The molecule has 0 saturated carbocycles. The molecule has 2 rings (SSSR count). The Kier molecular flexibility index (Phi) is 2.71. The third kappa shape index (κ3) is 1.62. The van der Waals surface area contributed by atoms with Gasteiger partial charge in [-0.3, -0.25) is 0 Å². The minimum atomic E-state index is -0.525. The van der Waals surface area contributed by atoms with Crippen LogP contribution in [0.2, 0.25) is 0 Å². The minimum Gasteiger partial charge on any atom is -0.394 e. The molecular formula is C7H9N5O2S. The van der Waals surface area contributed by atoms with E-state index in [0.717, 1.165) is 0 Å². The van der Waals surface area contributed by atoms with Crippen LogP contribution in [0.3, 0.4) is 0 Å². The Bertz CT molecular complexity index is 517. The van der Waals surface area contributed by atoms with Crippen LogP contribution in [0.1, 0.15) is 6.04 Å². The average Bonchev–Trinajstić information content (AvgIpc) is 2.66. The first-order chi connectivity index (χ1) is 7.27. The number of aliphatic hydroxyl groups excluding tert-OH is 2. The van der Waals surface area contributed by atoms with Crippen molar-refractivity contribution in [2.75, 3.05) is 13.2 Å². The topological polar surface area (TPSA) is 99.8 Å². The van der Waals surface area contributed by atoms with Gasteiger partial charge >= 0.3 is 0 Å². The normalized spacial score (nSPS) is 11.4. The monoisotopic (exact) mass is 227 g/mol. The van der Waals surface area contributed by atoms with Crippen molar-refractivity contribution < 1.29 is 10.2 Å². The standard InChI is InChI=1S/C7H9N5O2S/c13-1-4(2-14)12-6-5(10-11-12)7(15)9-3-8-6/h3-4,13-14H,1-2H2,(H,8,9,15). The smallest absolute Gasteiger partial charge is 0.166 e. The van der Waals surface area contributed by atoms with Gasteiger partial charge in [-0.25, -0.2) is 9.67 Å². The van der Waals surface area contributed by atoms with Crippen molar-refractivity contribution in [1.29, 1.82) is 0 Å². The molecule has 0 spiro atoms. The summed E-state index contributed by atoms with van der Waals surface area (Å²) in [6, 6.07) is -0.525. The van der Waals surface area contributed by atoms with Crippen molar-refractivity contribution in [3.8, 4) is 0 Å². The summed E-state index contributed by atoms with van der Waals surface area (Å²) in [6.07, 6.45) is 1.43. The highest BCUT2D eigenvalue weighted by Crippen LogP contribution is 2.12. The molecule has 0 aliphatic rings. The van der Waals surface area contributed by atoms with Crippen LogP contribution in [0.4, 0.5) is 0 Å². The lowest BCUT2D eigenvalue weighted by Crippen LogP contribution is -2.18. The van der Waals surface area contributed by atoms with Crippen LogP contribution in [0.15, 0.2) is 6.33 Å². The Balaban J connectivity index is 2.63. The molecule has 0 radical (unpaired) electrons. The van der Waals surface area contributed by atoms with E-state index in [0.29, 0.717) is 15.8 Å². The van der Waals surface area contributed by atoms with Crippen molar-refractivity contribution >= 4 is 23.4 Å². The third-order valence-electron chi connectivity index (χ3n) is 2.05. The maximum absolute atomic E-state index is 9.02. The Morgan fingerprint density at radius 1 is 1.47 bits per heavy atom. The molecule has 2 heterocycles. The number of hydrogen-bond acceptors (Lipinski definition) is 6. The maximum Gasteiger partial charge on any atom is 0.166 e. The predicted octanol–water partition coefficient (Wildman–Crippen LogP) is -0.590. The number of aliphatic hydroxyl groups is 2. The highest BCUT2D eigenvalue weighted by atomic mass is 32.1. The van der Waals surface area contributed by atoms with Crippen LogP contribution in [0, 0.1) is 4.64 Å². The van der Waals surface area contributed by atoms with Crippen LogP contribution >= 0.6 is 12.2 Å². The fourth-order valence-electron chi connectivity index (χ4n) is 1.25. The van der Waals surface area contributed by atoms with E-state index >= 15 is 0 Å². The van der Waals surface area contributed by atoms with Gasteiger partial charge in [0, 0.05) is 0 Å². The highest BCUT2D eigenvalue weighted by Gasteiger charge is 2.14. The summed E-state index contributed by atoms with van der Waals surface area (Å²) in [5.41, 5.74) is 1.00. The second-order valence-electron chi connectivity index (χ2n) is 2.96. The summed E-state index contributed by atoms with van der Waals surface area (Å²) < 4.78 is 1.73. The van der Waals surface area contributed by atoms with Crippen LogP contribution in [0.25, 0.3) is 11.2 Å². The Labute approximate surface area is 89.4 Å². The van der Waals surface area contributed by atoms with Gasteiger partial charge in [-0.15, -0.1) is 5.10 Å². The van der Waals surface area contributed by atoms with Gasteiger partial charge < -0.3 is 15.2 Å². The zero-order chi connectivity index (χ0) is 10.8. The molecule has 0 fully saturated rings. The number of hydrogen-bond donors (Lipinski definition) is 3. The minimum absolute atomic E-state index is 0.224. The van der Waals surface area contributed by atoms with Crippen molar-refractivity contribution in [3.63, 3.8) is 0 Å². The number of H-pyrrole nitrogens is 1. The van der Waals surface area contributed by atoms with Gasteiger partial charge in [0.1, 0.15) is 6.04 Å². The SMILES string of the molecule is OCC(CO)n1nnc2c(=S)nc[nH]c21. The molecule has 0 aliphatic heterocycles. The fraction of sp³-hybridized carbons (Fsp3) is 0.429. The number of nitrogens with zero attached hydrogens (tertiary/aromatic N) is 4. The van der Waals surface area contributed by atoms with Gasteiger partial charge in [0.25, 0.3) is 0 Å². The quantitative estimate of drug-likeness (QED) is 0.606. The van der Waals surface area contributed by atoms with E-state index in [4.69, 9.17) is 22.4 Å². The molecule has 0 bridgehead atoms. The average molecular weight is 227 g/mol. The van der Waals surface area contributed by atoms with E-state index < -0.39 is 6.04 Å². The van der Waals surface area contributed by atoms with E-state index in [-0.39, 0.29) is 13.2 Å². The molecule has 15 heavy (non-hydrogen) atoms. The molecule has 3 N–H and O–H groups in total. The van der Waals surface area contributed by atoms with Gasteiger partial charge in [-0.1, -0.05) is 17.4 Å². The molecule has 8 heteroatoms. The van der Waals surface area contributed by atoms with E-state index in [1.807, 2.05) is 0 Å². The van der Waals surface area contributed by atoms with E-state index in [2.05, 4.69) is 20.3 Å². The number of aromatic nitrogens is 5. The molecule has 0 atom stereocenters. The van der Waals surface area contributed by atoms with Gasteiger partial charge in [0.2, 0.25) is 0 Å². The molecule has 2 aromatic heterocycles. The number of rotatable bonds is 3. The summed E-state index contributed by atoms with van der Waals surface area (Å²) >= 11 is 4.95. The van der Waals surface area contributed by atoms with Crippen molar-refractivity contribution in [2.24, 2.45) is 0 Å². The van der Waals surface area contributed by atoms with Crippen LogP contribution in [-0.4, -0.2) is 48.4 Å². The molecular weight excluding hydrogens is 218 g/mol. The van der Waals surface area contributed by atoms with Crippen LogP contribution in [-0.2, 0) is 0 Å². The second-order valence-corrected chi connectivity index (χ2v) is 3.34. The van der Waals surface area contributed by atoms with Crippen LogP contribution in [0.5, 0.6) is 0 Å². The predicted molar refractivity (Wildman–Crippen MR) is 53.7 cm³/mol. The Morgan fingerprint density at radius 2 is 2.20 bits per heavy atom. The number of fused-ring (bicyclic) bond motifs is 1. The summed E-state index contributed by atoms with van der Waals surface area (Å²) in [6.45, 7) is -0.449. The summed E-state index contributed by atoms with van der Waals surface area (Å²) in [5, 5.41) is 25.7. The fourth-order valence-corrected chi connectivity index (χ4v) is 1.44. The van der Waals surface area contributed by atoms with Crippen molar-refractivity contribution in [2.45, 2.75) is 6.04 Å². The van der Waals surface area contributed by atoms with Gasteiger partial charge in [0.05, 0.1) is 19.5 Å². The Morgan fingerprint density at radius 3 is 2.87 bits per heavy atom. The second kappa shape index (κ2) is 4.01. The van der Waals surface area contributed by atoms with Gasteiger partial charge in [-0.05, 0) is 0 Å². The lowest BCUT2D eigenvalue weighted by molar-refractivity contribution is 0.147. The summed E-state index contributed by atoms with van der Waals surface area (Å²) in [4.78, 5) is 6.68. The molecule has 0 amide bonds. The number of aromatic amines is 1. The molecule has 0 aromatic carbocycles. The lowest BCUT2D eigenvalue weighted by Gasteiger charge is -2.10. The van der Waals surface area contributed by atoms with Crippen molar-refractivity contribution in [3.05, 3.63) is 11.0 Å². The zero-order valence-electron chi connectivity index (χ0n) is 7.66. The first-order valence-electron chi connectivity index (χ1n) is 4.28. The highest BCUT2D eigenvalue weighted by molar-refractivity contribution is 7.71. The molecule has 80 valence electrons. The lowest BCUT2D eigenvalue weighted by atomic mass is 10.3. The first kappa shape index (κ1) is 10.1. The Hall–Kier alpha value is -1.38. The molecule has 7 nitrogen and oxygen atoms in total. The summed E-state index contributed by atoms with van der Waals surface area (Å²) in [7, 11) is 0. The summed E-state index contributed by atoms with van der Waals surface area (Å²) in [5.74, 6) is 0. The molecule has 0 unspecified atom stereocenters.